The van der Waals surface area contributed by atoms with Gasteiger partial charge < -0.3 is 10.2 Å². The van der Waals surface area contributed by atoms with Crippen LogP contribution in [0, 0.1) is 34.4 Å². The molecule has 1 aromatic rings. The highest BCUT2D eigenvalue weighted by atomic mass is 19.1. The molecule has 5 aliphatic rings. The standard InChI is InChI=1S/C27H29F2NO5/c1-24-9-8-19(31)10-15(24)6-7-20-21-11-16-14-30(18-5-3-4-17(28)12-18)35-27(16,23(33)34)25(21,2)13-22(32)26(20,24)29/h3-5,8-10,12,16,20-22,32H,6-7,11,13-14H2,1-2H3,(H,33,34)/t16-,20-,21-,22-,24-,25-,26-,27-/m0/s1. The Labute approximate surface area is 202 Å². The third-order valence-corrected chi connectivity index (χ3v) is 10.0. The van der Waals surface area contributed by atoms with Gasteiger partial charge >= 0.3 is 5.97 Å². The van der Waals surface area contributed by atoms with Gasteiger partial charge in [0.15, 0.2) is 11.5 Å². The van der Waals surface area contributed by atoms with Crippen molar-refractivity contribution in [2.45, 2.75) is 56.9 Å². The highest BCUT2D eigenvalue weighted by molar-refractivity contribution is 6.01. The number of carbonyl (C=O) groups excluding carboxylic acids is 1. The van der Waals surface area contributed by atoms with Crippen LogP contribution in [0.2, 0.25) is 0 Å². The molecule has 1 aliphatic heterocycles. The normalized spacial score (nSPS) is 45.9. The Kier molecular flexibility index (Phi) is 4.58. The van der Waals surface area contributed by atoms with E-state index in [4.69, 9.17) is 4.84 Å². The van der Waals surface area contributed by atoms with Crippen LogP contribution >= 0.6 is 0 Å². The van der Waals surface area contributed by atoms with Gasteiger partial charge in [-0.1, -0.05) is 24.6 Å². The minimum Gasteiger partial charge on any atom is -0.479 e. The van der Waals surface area contributed by atoms with Crippen LogP contribution in [0.1, 0.15) is 39.5 Å². The van der Waals surface area contributed by atoms with Crippen molar-refractivity contribution in [3.05, 3.63) is 53.9 Å². The van der Waals surface area contributed by atoms with Crippen molar-refractivity contribution in [2.24, 2.45) is 28.6 Å². The predicted molar refractivity (Wildman–Crippen MR) is 122 cm³/mol. The Bertz CT molecular complexity index is 1200. The van der Waals surface area contributed by atoms with Gasteiger partial charge in [0.05, 0.1) is 18.3 Å². The molecule has 1 aromatic carbocycles. The first-order valence-electron chi connectivity index (χ1n) is 12.2. The molecule has 0 unspecified atom stereocenters. The fraction of sp³-hybridized carbons (Fsp3) is 0.556. The molecular formula is C27H29F2NO5. The number of hydrogen-bond donors (Lipinski definition) is 2. The number of nitrogens with zero attached hydrogens (tertiary/aromatic N) is 1. The number of anilines is 1. The van der Waals surface area contributed by atoms with Gasteiger partial charge in [-0.3, -0.25) is 14.7 Å². The first-order chi connectivity index (χ1) is 16.5. The van der Waals surface area contributed by atoms with E-state index in [-0.39, 0.29) is 24.7 Å². The van der Waals surface area contributed by atoms with E-state index in [0.717, 1.165) is 0 Å². The summed E-state index contributed by atoms with van der Waals surface area (Å²) in [6.45, 7) is 3.78. The van der Waals surface area contributed by atoms with Crippen LogP contribution in [0.25, 0.3) is 0 Å². The van der Waals surface area contributed by atoms with Gasteiger partial charge in [0.1, 0.15) is 5.82 Å². The maximum Gasteiger partial charge on any atom is 0.339 e. The minimum absolute atomic E-state index is 0.0882. The van der Waals surface area contributed by atoms with Crippen molar-refractivity contribution in [2.75, 3.05) is 11.6 Å². The lowest BCUT2D eigenvalue weighted by atomic mass is 9.45. The monoisotopic (exact) mass is 485 g/mol. The van der Waals surface area contributed by atoms with Crippen molar-refractivity contribution in [3.8, 4) is 0 Å². The van der Waals surface area contributed by atoms with Gasteiger partial charge in [-0.2, -0.15) is 0 Å². The molecule has 4 fully saturated rings. The second kappa shape index (κ2) is 7.01. The Morgan fingerprint density at radius 1 is 1.26 bits per heavy atom. The average Bonchev–Trinajstić information content (AvgIpc) is 3.30. The molecule has 186 valence electrons. The number of rotatable bonds is 2. The number of allylic oxidation sites excluding steroid dienone is 4. The molecule has 3 saturated carbocycles. The van der Waals surface area contributed by atoms with Crippen LogP contribution in [-0.2, 0) is 14.4 Å². The molecule has 1 saturated heterocycles. The number of carboxylic acids is 1. The van der Waals surface area contributed by atoms with Crippen molar-refractivity contribution < 1.29 is 33.4 Å². The molecule has 4 aliphatic carbocycles. The van der Waals surface area contributed by atoms with Crippen LogP contribution in [-0.4, -0.2) is 45.9 Å². The average molecular weight is 486 g/mol. The molecule has 35 heavy (non-hydrogen) atoms. The van der Waals surface area contributed by atoms with Crippen molar-refractivity contribution in [3.63, 3.8) is 0 Å². The maximum atomic E-state index is 17.3. The second-order valence-corrected chi connectivity index (χ2v) is 11.4. The molecule has 0 spiro atoms. The molecule has 1 heterocycles. The van der Waals surface area contributed by atoms with E-state index in [0.29, 0.717) is 30.5 Å². The van der Waals surface area contributed by atoms with Crippen LogP contribution in [0.3, 0.4) is 0 Å². The number of carbonyl (C=O) groups is 2. The SMILES string of the molecule is C[C@]12C=CC(=O)C=C1CC[C@H]1[C@@H]3C[C@H]4CN(c5cccc(F)c5)O[C@@]4(C(=O)O)[C@@]3(C)C[C@H](O)[C@@]12F. The quantitative estimate of drug-likeness (QED) is 0.659. The van der Waals surface area contributed by atoms with E-state index in [9.17, 15) is 24.2 Å². The third-order valence-electron chi connectivity index (χ3n) is 10.0. The van der Waals surface area contributed by atoms with Crippen molar-refractivity contribution in [1.82, 2.24) is 0 Å². The summed E-state index contributed by atoms with van der Waals surface area (Å²) in [5.74, 6) is -3.16. The Hall–Kier alpha value is -2.58. The number of aliphatic hydroxyl groups is 1. The molecule has 8 heteroatoms. The van der Waals surface area contributed by atoms with E-state index in [1.165, 1.54) is 35.4 Å². The zero-order valence-corrected chi connectivity index (χ0v) is 19.7. The smallest absolute Gasteiger partial charge is 0.339 e. The Balaban J connectivity index is 1.42. The van der Waals surface area contributed by atoms with Gasteiger partial charge in [-0.15, -0.1) is 0 Å². The molecule has 6 nitrogen and oxygen atoms in total. The zero-order chi connectivity index (χ0) is 25.0. The number of aliphatic carboxylic acids is 1. The van der Waals surface area contributed by atoms with Crippen LogP contribution in [0.4, 0.5) is 14.5 Å². The third kappa shape index (κ3) is 2.59. The Morgan fingerprint density at radius 2 is 2.03 bits per heavy atom. The number of benzene rings is 1. The lowest BCUT2D eigenvalue weighted by Crippen LogP contribution is -2.69. The summed E-state index contributed by atoms with van der Waals surface area (Å²) in [7, 11) is 0. The molecule has 0 amide bonds. The summed E-state index contributed by atoms with van der Waals surface area (Å²) < 4.78 is 31.1. The lowest BCUT2D eigenvalue weighted by molar-refractivity contribution is -0.229. The van der Waals surface area contributed by atoms with E-state index in [2.05, 4.69) is 0 Å². The number of fused-ring (bicyclic) bond motifs is 7. The largest absolute Gasteiger partial charge is 0.479 e. The van der Waals surface area contributed by atoms with Crippen molar-refractivity contribution >= 4 is 17.4 Å². The number of ketones is 1. The summed E-state index contributed by atoms with van der Waals surface area (Å²) in [5.41, 5.74) is -4.76. The van der Waals surface area contributed by atoms with Crippen molar-refractivity contribution in [1.29, 1.82) is 0 Å². The van der Waals surface area contributed by atoms with Gasteiger partial charge in [0.2, 0.25) is 5.60 Å². The number of aliphatic hydroxyl groups excluding tert-OH is 1. The topological polar surface area (TPSA) is 87.1 Å². The highest BCUT2D eigenvalue weighted by Gasteiger charge is 2.79. The summed E-state index contributed by atoms with van der Waals surface area (Å²) in [5, 5.41) is 23.4. The van der Waals surface area contributed by atoms with E-state index in [1.54, 1.807) is 26.0 Å². The number of halogens is 2. The molecule has 2 N–H and O–H groups in total. The number of hydroxylamine groups is 1. The molecule has 6 rings (SSSR count). The predicted octanol–water partition coefficient (Wildman–Crippen LogP) is 4.00. The molecule has 0 bridgehead atoms. The summed E-state index contributed by atoms with van der Waals surface area (Å²) in [6, 6.07) is 5.81. The van der Waals surface area contributed by atoms with E-state index < -0.39 is 51.8 Å². The maximum absolute atomic E-state index is 17.3. The molecule has 0 aromatic heterocycles. The van der Waals surface area contributed by atoms with Crippen LogP contribution in [0.5, 0.6) is 0 Å². The summed E-state index contributed by atoms with van der Waals surface area (Å²) in [6.07, 6.45) is 4.28. The van der Waals surface area contributed by atoms with Gasteiger partial charge in [-0.05, 0) is 68.9 Å². The number of alkyl halides is 1. The van der Waals surface area contributed by atoms with E-state index in [1.807, 2.05) is 0 Å². The summed E-state index contributed by atoms with van der Waals surface area (Å²) in [4.78, 5) is 31.1. The number of carboxylic acid groups (broad SMARTS) is 1. The first-order valence-corrected chi connectivity index (χ1v) is 12.2. The molecule has 8 atom stereocenters. The van der Waals surface area contributed by atoms with E-state index >= 15 is 4.39 Å². The highest BCUT2D eigenvalue weighted by Crippen LogP contribution is 2.72. The first kappa shape index (κ1) is 22.9. The van der Waals surface area contributed by atoms with Crippen LogP contribution in [0.15, 0.2) is 48.1 Å². The van der Waals surface area contributed by atoms with Gasteiger partial charge in [-0.25, -0.2) is 13.6 Å². The fourth-order valence-electron chi connectivity index (χ4n) is 8.40. The molecular weight excluding hydrogens is 456 g/mol. The minimum atomic E-state index is -2.03. The zero-order valence-electron chi connectivity index (χ0n) is 19.7. The Morgan fingerprint density at radius 3 is 2.74 bits per heavy atom. The lowest BCUT2D eigenvalue weighted by Gasteiger charge is -2.62. The fourth-order valence-corrected chi connectivity index (χ4v) is 8.40. The van der Waals surface area contributed by atoms with Gasteiger partial charge in [0.25, 0.3) is 0 Å². The van der Waals surface area contributed by atoms with Gasteiger partial charge in [0, 0.05) is 22.7 Å². The number of hydrogen-bond acceptors (Lipinski definition) is 5. The molecule has 0 radical (unpaired) electrons. The second-order valence-electron chi connectivity index (χ2n) is 11.4. The summed E-state index contributed by atoms with van der Waals surface area (Å²) >= 11 is 0. The van der Waals surface area contributed by atoms with Crippen LogP contribution < -0.4 is 5.06 Å².